The number of hydrogen-bond acceptors (Lipinski definition) is 4. The fraction of sp³-hybridized carbons (Fsp3) is 0.588. The van der Waals surface area contributed by atoms with Gasteiger partial charge in [-0.2, -0.15) is 0 Å². The molecule has 3 rings (SSSR count). The molecule has 3 heterocycles. The molecule has 7 heteroatoms. The van der Waals surface area contributed by atoms with E-state index in [0.29, 0.717) is 18.8 Å². The lowest BCUT2D eigenvalue weighted by molar-refractivity contribution is -0.119. The highest BCUT2D eigenvalue weighted by Crippen LogP contribution is 2.35. The van der Waals surface area contributed by atoms with Crippen LogP contribution in [0.2, 0.25) is 0 Å². The van der Waals surface area contributed by atoms with Gasteiger partial charge in [0.05, 0.1) is 19.3 Å². The van der Waals surface area contributed by atoms with Gasteiger partial charge in [-0.1, -0.05) is 6.07 Å². The van der Waals surface area contributed by atoms with Gasteiger partial charge < -0.3 is 20.3 Å². The monoisotopic (exact) mass is 331 g/mol. The highest BCUT2D eigenvalue weighted by atomic mass is 16.5. The number of rotatable bonds is 3. The van der Waals surface area contributed by atoms with Crippen LogP contribution in [0.3, 0.4) is 0 Å². The first kappa shape index (κ1) is 16.5. The number of likely N-dealkylation sites (tertiary alicyclic amines) is 1. The summed E-state index contributed by atoms with van der Waals surface area (Å²) in [6, 6.07) is 5.72. The SMILES string of the molecule is CN=C(NCc1cccc(OC)n1)N1CCCC2(CNC(=O)C2)C1. The zero-order chi connectivity index (χ0) is 17.0. The van der Waals surface area contributed by atoms with Crippen LogP contribution in [0.1, 0.15) is 25.0 Å². The Labute approximate surface area is 142 Å². The molecule has 2 fully saturated rings. The van der Waals surface area contributed by atoms with Crippen LogP contribution in [0, 0.1) is 5.41 Å². The van der Waals surface area contributed by atoms with Crippen molar-refractivity contribution in [3.05, 3.63) is 23.9 Å². The molecular weight excluding hydrogens is 306 g/mol. The predicted molar refractivity (Wildman–Crippen MR) is 91.9 cm³/mol. The topological polar surface area (TPSA) is 78.9 Å². The molecule has 2 N–H and O–H groups in total. The Bertz CT molecular complexity index is 633. The summed E-state index contributed by atoms with van der Waals surface area (Å²) in [6.07, 6.45) is 2.79. The van der Waals surface area contributed by atoms with Crippen LogP contribution in [0.4, 0.5) is 0 Å². The summed E-state index contributed by atoms with van der Waals surface area (Å²) in [4.78, 5) is 22.7. The van der Waals surface area contributed by atoms with Crippen molar-refractivity contribution in [3.8, 4) is 5.88 Å². The quantitative estimate of drug-likeness (QED) is 0.632. The van der Waals surface area contributed by atoms with E-state index in [4.69, 9.17) is 4.74 Å². The van der Waals surface area contributed by atoms with Gasteiger partial charge in [-0.05, 0) is 18.9 Å². The van der Waals surface area contributed by atoms with E-state index < -0.39 is 0 Å². The maximum Gasteiger partial charge on any atom is 0.220 e. The number of guanidine groups is 1. The van der Waals surface area contributed by atoms with Gasteiger partial charge in [0, 0.05) is 44.6 Å². The smallest absolute Gasteiger partial charge is 0.220 e. The van der Waals surface area contributed by atoms with Crippen LogP contribution in [-0.2, 0) is 11.3 Å². The molecule has 2 saturated heterocycles. The summed E-state index contributed by atoms with van der Waals surface area (Å²) in [5.41, 5.74) is 0.959. The minimum absolute atomic E-state index is 0.0567. The van der Waals surface area contributed by atoms with E-state index in [9.17, 15) is 4.79 Å². The number of nitrogens with zero attached hydrogens (tertiary/aromatic N) is 3. The van der Waals surface area contributed by atoms with Crippen LogP contribution in [-0.4, -0.2) is 55.5 Å². The number of nitrogens with one attached hydrogen (secondary N) is 2. The molecule has 24 heavy (non-hydrogen) atoms. The summed E-state index contributed by atoms with van der Waals surface area (Å²) >= 11 is 0. The molecule has 0 aliphatic carbocycles. The molecule has 1 spiro atoms. The van der Waals surface area contributed by atoms with Crippen molar-refractivity contribution in [2.75, 3.05) is 33.8 Å². The fourth-order valence-electron chi connectivity index (χ4n) is 3.60. The normalized spacial score (nSPS) is 24.2. The van der Waals surface area contributed by atoms with Crippen LogP contribution in [0.5, 0.6) is 5.88 Å². The van der Waals surface area contributed by atoms with Gasteiger partial charge in [0.15, 0.2) is 5.96 Å². The van der Waals surface area contributed by atoms with Gasteiger partial charge >= 0.3 is 0 Å². The average molecular weight is 331 g/mol. The highest BCUT2D eigenvalue weighted by molar-refractivity contribution is 5.81. The van der Waals surface area contributed by atoms with Crippen molar-refractivity contribution in [1.82, 2.24) is 20.5 Å². The largest absolute Gasteiger partial charge is 0.481 e. The zero-order valence-electron chi connectivity index (χ0n) is 14.3. The van der Waals surface area contributed by atoms with E-state index in [0.717, 1.165) is 44.1 Å². The van der Waals surface area contributed by atoms with E-state index >= 15 is 0 Å². The molecule has 2 aliphatic heterocycles. The molecule has 1 aromatic rings. The van der Waals surface area contributed by atoms with Gasteiger partial charge in [-0.3, -0.25) is 9.79 Å². The van der Waals surface area contributed by atoms with Crippen molar-refractivity contribution in [2.45, 2.75) is 25.8 Å². The second-order valence-corrected chi connectivity index (χ2v) is 6.55. The Morgan fingerprint density at radius 1 is 1.54 bits per heavy atom. The summed E-state index contributed by atoms with van der Waals surface area (Å²) in [5, 5.41) is 6.36. The van der Waals surface area contributed by atoms with Crippen molar-refractivity contribution in [2.24, 2.45) is 10.4 Å². The van der Waals surface area contributed by atoms with Crippen LogP contribution in [0.15, 0.2) is 23.2 Å². The van der Waals surface area contributed by atoms with Crippen molar-refractivity contribution in [3.63, 3.8) is 0 Å². The Kier molecular flexibility index (Phi) is 4.87. The van der Waals surface area contributed by atoms with E-state index in [1.807, 2.05) is 18.2 Å². The van der Waals surface area contributed by atoms with Gasteiger partial charge in [-0.25, -0.2) is 4.98 Å². The molecule has 7 nitrogen and oxygen atoms in total. The first-order valence-corrected chi connectivity index (χ1v) is 8.36. The molecule has 1 aromatic heterocycles. The summed E-state index contributed by atoms with van der Waals surface area (Å²) in [6.45, 7) is 3.18. The molecule has 1 unspecified atom stereocenters. The second-order valence-electron chi connectivity index (χ2n) is 6.55. The number of amides is 1. The maximum atomic E-state index is 11.6. The Balaban J connectivity index is 1.62. The minimum Gasteiger partial charge on any atom is -0.481 e. The third-order valence-electron chi connectivity index (χ3n) is 4.79. The number of aliphatic imine (C=N–C) groups is 1. The second kappa shape index (κ2) is 7.07. The number of carbonyl (C=O) groups is 1. The van der Waals surface area contributed by atoms with E-state index in [1.165, 1.54) is 0 Å². The van der Waals surface area contributed by atoms with Gasteiger partial charge in [0.2, 0.25) is 11.8 Å². The number of hydrogen-bond donors (Lipinski definition) is 2. The maximum absolute atomic E-state index is 11.6. The Morgan fingerprint density at radius 3 is 3.12 bits per heavy atom. The standard InChI is InChI=1S/C17H25N5O2/c1-18-16(19-10-13-5-3-6-15(21-13)24-2)22-8-4-7-17(12-22)9-14(23)20-11-17/h3,5-6H,4,7-12H2,1-2H3,(H,18,19)(H,20,23). The van der Waals surface area contributed by atoms with E-state index in [1.54, 1.807) is 14.2 Å². The van der Waals surface area contributed by atoms with Gasteiger partial charge in [-0.15, -0.1) is 0 Å². The molecule has 0 radical (unpaired) electrons. The number of aromatic nitrogens is 1. The molecule has 130 valence electrons. The number of pyridine rings is 1. The van der Waals surface area contributed by atoms with Crippen molar-refractivity contribution in [1.29, 1.82) is 0 Å². The molecule has 0 aromatic carbocycles. The molecule has 1 atom stereocenters. The van der Waals surface area contributed by atoms with E-state index in [2.05, 4.69) is 25.5 Å². The first-order chi connectivity index (χ1) is 11.6. The lowest BCUT2D eigenvalue weighted by Crippen LogP contribution is -2.51. The predicted octanol–water partition coefficient (Wildman–Crippen LogP) is 0.768. The van der Waals surface area contributed by atoms with Crippen molar-refractivity contribution < 1.29 is 9.53 Å². The highest BCUT2D eigenvalue weighted by Gasteiger charge is 2.42. The number of ether oxygens (including phenoxy) is 1. The molecular formula is C17H25N5O2. The molecule has 0 bridgehead atoms. The third kappa shape index (κ3) is 3.60. The summed E-state index contributed by atoms with van der Waals surface area (Å²) < 4.78 is 5.16. The first-order valence-electron chi connectivity index (χ1n) is 8.36. The van der Waals surface area contributed by atoms with Gasteiger partial charge in [0.25, 0.3) is 0 Å². The fourth-order valence-corrected chi connectivity index (χ4v) is 3.60. The third-order valence-corrected chi connectivity index (χ3v) is 4.79. The van der Waals surface area contributed by atoms with Crippen LogP contribution < -0.4 is 15.4 Å². The average Bonchev–Trinajstić information content (AvgIpc) is 2.95. The van der Waals surface area contributed by atoms with Crippen molar-refractivity contribution >= 4 is 11.9 Å². The van der Waals surface area contributed by atoms with Gasteiger partial charge in [0.1, 0.15) is 0 Å². The molecule has 0 saturated carbocycles. The van der Waals surface area contributed by atoms with Crippen LogP contribution >= 0.6 is 0 Å². The van der Waals surface area contributed by atoms with E-state index in [-0.39, 0.29) is 11.3 Å². The Hall–Kier alpha value is -2.31. The minimum atomic E-state index is 0.0567. The summed E-state index contributed by atoms with van der Waals surface area (Å²) in [5.74, 6) is 1.63. The number of methoxy groups -OCH3 is 1. The lowest BCUT2D eigenvalue weighted by Gasteiger charge is -2.40. The number of piperidine rings is 1. The molecule has 1 amide bonds. The summed E-state index contributed by atoms with van der Waals surface area (Å²) in [7, 11) is 3.41. The van der Waals surface area contributed by atoms with Crippen LogP contribution in [0.25, 0.3) is 0 Å². The Morgan fingerprint density at radius 2 is 2.42 bits per heavy atom. The number of carbonyl (C=O) groups excluding carboxylic acids is 1. The zero-order valence-corrected chi connectivity index (χ0v) is 14.3. The lowest BCUT2D eigenvalue weighted by atomic mass is 9.79. The molecule has 2 aliphatic rings.